The highest BCUT2D eigenvalue weighted by Crippen LogP contribution is 2.23. The van der Waals surface area contributed by atoms with Gasteiger partial charge >= 0.3 is 0 Å². The normalized spacial score (nSPS) is 10.5. The van der Waals surface area contributed by atoms with Crippen LogP contribution in [0.5, 0.6) is 0 Å². The van der Waals surface area contributed by atoms with E-state index in [-0.39, 0.29) is 17.4 Å². The van der Waals surface area contributed by atoms with E-state index >= 15 is 0 Å². The zero-order valence-electron chi connectivity index (χ0n) is 19.6. The molecule has 3 amide bonds. The van der Waals surface area contributed by atoms with Gasteiger partial charge in [0.1, 0.15) is 5.69 Å². The maximum atomic E-state index is 13.0. The van der Waals surface area contributed by atoms with Crippen LogP contribution in [0.2, 0.25) is 0 Å². The highest BCUT2D eigenvalue weighted by molar-refractivity contribution is 8.00. The topological polar surface area (TPSA) is 105 Å². The second-order valence-electron chi connectivity index (χ2n) is 7.95. The van der Waals surface area contributed by atoms with Crippen molar-refractivity contribution in [2.24, 2.45) is 0 Å². The van der Waals surface area contributed by atoms with E-state index in [1.807, 2.05) is 85.8 Å². The summed E-state index contributed by atoms with van der Waals surface area (Å²) in [6.45, 7) is 1.94. The lowest BCUT2D eigenvalue weighted by Crippen LogP contribution is -2.42. The molecule has 4 aromatic rings. The monoisotopic (exact) mass is 499 g/mol. The first-order valence-corrected chi connectivity index (χ1v) is 12.4. The molecule has 0 radical (unpaired) electrons. The van der Waals surface area contributed by atoms with Gasteiger partial charge in [0.25, 0.3) is 5.91 Å². The minimum atomic E-state index is -0.494. The number of hydrogen-bond acceptors (Lipinski definition) is 5. The van der Waals surface area contributed by atoms with Crippen LogP contribution in [0.25, 0.3) is 16.9 Å². The number of carbonyl (C=O) groups excluding carboxylic acids is 3. The molecule has 1 heterocycles. The van der Waals surface area contributed by atoms with Gasteiger partial charge in [-0.15, -0.1) is 11.8 Å². The van der Waals surface area contributed by atoms with Crippen LogP contribution in [-0.4, -0.2) is 39.0 Å². The smallest absolute Gasteiger partial charge is 0.273 e. The highest BCUT2D eigenvalue weighted by Gasteiger charge is 2.19. The molecule has 0 aliphatic rings. The molecule has 0 saturated carbocycles. The van der Waals surface area contributed by atoms with Crippen LogP contribution in [0.3, 0.4) is 0 Å². The number of nitrogens with zero attached hydrogens (tertiary/aromatic N) is 2. The second kappa shape index (κ2) is 11.9. The Hall–Kier alpha value is -4.37. The molecule has 1 aromatic heterocycles. The fraction of sp³-hybridized carbons (Fsp3) is 0.111. The van der Waals surface area contributed by atoms with Crippen molar-refractivity contribution >= 4 is 35.2 Å². The van der Waals surface area contributed by atoms with Crippen LogP contribution >= 0.6 is 11.8 Å². The standard InChI is InChI=1S/C27H25N5O3S/c1-19-9-8-12-21(15-19)28-24(33)17-36-18-25(34)29-30-27(35)23-16-32(22-13-6-3-7-14-22)31-26(23)20-10-4-2-5-11-20/h2-16H,17-18H2,1H3,(H,28,33)(H,29,34)(H,30,35). The Kier molecular flexibility index (Phi) is 8.15. The number of aromatic nitrogens is 2. The first-order valence-electron chi connectivity index (χ1n) is 11.2. The molecule has 0 aliphatic heterocycles. The van der Waals surface area contributed by atoms with Crippen molar-refractivity contribution in [2.75, 3.05) is 16.8 Å². The zero-order valence-corrected chi connectivity index (χ0v) is 20.4. The van der Waals surface area contributed by atoms with E-state index in [0.717, 1.165) is 28.6 Å². The summed E-state index contributed by atoms with van der Waals surface area (Å²) in [5.74, 6) is -1.00. The van der Waals surface area contributed by atoms with E-state index in [4.69, 9.17) is 0 Å². The summed E-state index contributed by atoms with van der Waals surface area (Å²) in [6, 6.07) is 26.3. The van der Waals surface area contributed by atoms with Crippen molar-refractivity contribution in [1.82, 2.24) is 20.6 Å². The van der Waals surface area contributed by atoms with Crippen molar-refractivity contribution in [3.05, 3.63) is 102 Å². The van der Waals surface area contributed by atoms with Crippen LogP contribution in [0.4, 0.5) is 5.69 Å². The molecule has 182 valence electrons. The molecule has 0 saturated heterocycles. The van der Waals surface area contributed by atoms with Crippen LogP contribution in [0.1, 0.15) is 15.9 Å². The quantitative estimate of drug-likeness (QED) is 0.318. The summed E-state index contributed by atoms with van der Waals surface area (Å²) in [4.78, 5) is 37.3. The van der Waals surface area contributed by atoms with Gasteiger partial charge in [0.05, 0.1) is 22.8 Å². The summed E-state index contributed by atoms with van der Waals surface area (Å²) >= 11 is 1.15. The van der Waals surface area contributed by atoms with Crippen LogP contribution in [0.15, 0.2) is 91.1 Å². The molecule has 8 nitrogen and oxygen atoms in total. The van der Waals surface area contributed by atoms with E-state index in [1.54, 1.807) is 16.9 Å². The summed E-state index contributed by atoms with van der Waals surface area (Å²) in [6.07, 6.45) is 1.63. The Morgan fingerprint density at radius 2 is 1.53 bits per heavy atom. The average Bonchev–Trinajstić information content (AvgIpc) is 3.34. The fourth-order valence-electron chi connectivity index (χ4n) is 3.45. The number of thioether (sulfide) groups is 1. The summed E-state index contributed by atoms with van der Waals surface area (Å²) in [5.41, 5.74) is 9.01. The molecule has 0 atom stereocenters. The third-order valence-electron chi connectivity index (χ3n) is 5.11. The second-order valence-corrected chi connectivity index (χ2v) is 8.94. The lowest BCUT2D eigenvalue weighted by Gasteiger charge is -2.08. The Balaban J connectivity index is 1.33. The number of hydrazine groups is 1. The number of amides is 3. The van der Waals surface area contributed by atoms with Gasteiger partial charge in [0.15, 0.2) is 0 Å². The van der Waals surface area contributed by atoms with Crippen molar-refractivity contribution in [3.63, 3.8) is 0 Å². The fourth-order valence-corrected chi connectivity index (χ4v) is 4.07. The van der Waals surface area contributed by atoms with Crippen LogP contribution in [0, 0.1) is 6.92 Å². The first-order chi connectivity index (χ1) is 17.5. The number of benzene rings is 3. The third kappa shape index (κ3) is 6.61. The maximum absolute atomic E-state index is 13.0. The lowest BCUT2D eigenvalue weighted by molar-refractivity contribution is -0.119. The Morgan fingerprint density at radius 1 is 0.833 bits per heavy atom. The Bertz CT molecular complexity index is 1360. The van der Waals surface area contributed by atoms with Gasteiger partial charge < -0.3 is 5.32 Å². The van der Waals surface area contributed by atoms with E-state index in [2.05, 4.69) is 21.3 Å². The number of rotatable bonds is 8. The number of para-hydroxylation sites is 1. The Labute approximate surface area is 213 Å². The number of carbonyl (C=O) groups is 3. The van der Waals surface area contributed by atoms with Crippen molar-refractivity contribution < 1.29 is 14.4 Å². The Morgan fingerprint density at radius 3 is 2.25 bits per heavy atom. The molecule has 4 rings (SSSR count). The molecule has 36 heavy (non-hydrogen) atoms. The molecular formula is C27H25N5O3S. The number of anilines is 1. The molecule has 0 aliphatic carbocycles. The number of hydrogen-bond donors (Lipinski definition) is 3. The van der Waals surface area contributed by atoms with Gasteiger partial charge in [-0.3, -0.25) is 25.2 Å². The summed E-state index contributed by atoms with van der Waals surface area (Å²) in [5, 5.41) is 7.40. The molecule has 3 N–H and O–H groups in total. The van der Waals surface area contributed by atoms with Crippen LogP contribution in [-0.2, 0) is 9.59 Å². The van der Waals surface area contributed by atoms with Crippen molar-refractivity contribution in [3.8, 4) is 16.9 Å². The molecule has 0 spiro atoms. The van der Waals surface area contributed by atoms with E-state index in [0.29, 0.717) is 16.9 Å². The lowest BCUT2D eigenvalue weighted by atomic mass is 10.1. The highest BCUT2D eigenvalue weighted by atomic mass is 32.2. The maximum Gasteiger partial charge on any atom is 0.273 e. The predicted molar refractivity (Wildman–Crippen MR) is 142 cm³/mol. The van der Waals surface area contributed by atoms with Gasteiger partial charge in [-0.05, 0) is 36.8 Å². The van der Waals surface area contributed by atoms with E-state index in [9.17, 15) is 14.4 Å². The van der Waals surface area contributed by atoms with Crippen LogP contribution < -0.4 is 16.2 Å². The average molecular weight is 500 g/mol. The SMILES string of the molecule is Cc1cccc(NC(=O)CSCC(=O)NNC(=O)c2cn(-c3ccccc3)nc2-c2ccccc2)c1. The zero-order chi connectivity index (χ0) is 25.3. The predicted octanol–water partition coefficient (Wildman–Crippen LogP) is 3.98. The molecular weight excluding hydrogens is 474 g/mol. The molecule has 0 unspecified atom stereocenters. The van der Waals surface area contributed by atoms with Crippen molar-refractivity contribution in [2.45, 2.75) is 6.92 Å². The molecule has 0 bridgehead atoms. The van der Waals surface area contributed by atoms with Gasteiger partial charge in [0.2, 0.25) is 11.8 Å². The minimum absolute atomic E-state index is 0.0103. The largest absolute Gasteiger partial charge is 0.325 e. The van der Waals surface area contributed by atoms with E-state index < -0.39 is 11.8 Å². The number of aryl methyl sites for hydroxylation is 1. The molecule has 3 aromatic carbocycles. The molecule has 9 heteroatoms. The minimum Gasteiger partial charge on any atom is -0.325 e. The summed E-state index contributed by atoms with van der Waals surface area (Å²) in [7, 11) is 0. The van der Waals surface area contributed by atoms with Crippen molar-refractivity contribution in [1.29, 1.82) is 0 Å². The van der Waals surface area contributed by atoms with Gasteiger partial charge in [-0.25, -0.2) is 4.68 Å². The number of nitrogens with one attached hydrogen (secondary N) is 3. The van der Waals surface area contributed by atoms with Gasteiger partial charge in [-0.2, -0.15) is 5.10 Å². The first kappa shape index (κ1) is 24.7. The summed E-state index contributed by atoms with van der Waals surface area (Å²) < 4.78 is 1.63. The van der Waals surface area contributed by atoms with Gasteiger partial charge in [0, 0.05) is 17.4 Å². The van der Waals surface area contributed by atoms with E-state index in [1.165, 1.54) is 0 Å². The molecule has 0 fully saturated rings. The third-order valence-corrected chi connectivity index (χ3v) is 6.04. The van der Waals surface area contributed by atoms with Gasteiger partial charge in [-0.1, -0.05) is 60.7 Å².